The maximum Gasteiger partial charge on any atom is 0.417 e. The Morgan fingerprint density at radius 1 is 1.07 bits per heavy atom. The minimum Gasteiger partial charge on any atom is -0.355 e. The van der Waals surface area contributed by atoms with E-state index in [2.05, 4.69) is 10.3 Å². The number of amides is 1. The predicted molar refractivity (Wildman–Crippen MR) is 97.8 cm³/mol. The Morgan fingerprint density at radius 3 is 2.43 bits per heavy atom. The molecule has 1 aromatic heterocycles. The molecule has 1 aliphatic rings. The summed E-state index contributed by atoms with van der Waals surface area (Å²) < 4.78 is 76.4. The van der Waals surface area contributed by atoms with Crippen LogP contribution in [-0.4, -0.2) is 30.0 Å². The lowest BCUT2D eigenvalue weighted by molar-refractivity contribution is -0.138. The van der Waals surface area contributed by atoms with Crippen molar-refractivity contribution in [2.45, 2.75) is 37.7 Å². The molecule has 0 radical (unpaired) electrons. The number of hydrogen-bond donors (Lipinski definition) is 1. The monoisotopic (exact) mass is 431 g/mol. The first kappa shape index (κ1) is 21.9. The number of anilines is 1. The first-order chi connectivity index (χ1) is 14.0. The van der Waals surface area contributed by atoms with E-state index in [4.69, 9.17) is 0 Å². The van der Waals surface area contributed by atoms with Crippen LogP contribution < -0.4 is 10.2 Å². The number of aromatic nitrogens is 1. The fraction of sp³-hybridized carbons (Fsp3) is 0.400. The number of piperidine rings is 1. The molecule has 2 aromatic rings. The van der Waals surface area contributed by atoms with Crippen LogP contribution in [0.2, 0.25) is 0 Å². The van der Waals surface area contributed by atoms with Gasteiger partial charge in [-0.3, -0.25) is 4.79 Å². The number of pyridine rings is 1. The Balaban J connectivity index is 1.59. The van der Waals surface area contributed by atoms with Crippen LogP contribution in [0.4, 0.5) is 32.2 Å². The minimum atomic E-state index is -4.48. The molecule has 3 rings (SSSR count). The molecule has 1 unspecified atom stereocenters. The van der Waals surface area contributed by atoms with Gasteiger partial charge in [0.25, 0.3) is 0 Å². The fourth-order valence-electron chi connectivity index (χ4n) is 3.37. The number of halogens is 6. The van der Waals surface area contributed by atoms with Crippen molar-refractivity contribution in [3.8, 4) is 0 Å². The zero-order valence-corrected chi connectivity index (χ0v) is 15.7. The van der Waals surface area contributed by atoms with Crippen molar-refractivity contribution in [3.05, 3.63) is 59.3 Å². The molecule has 1 saturated heterocycles. The van der Waals surface area contributed by atoms with Gasteiger partial charge in [0.05, 0.1) is 17.5 Å². The fourth-order valence-corrected chi connectivity index (χ4v) is 3.37. The Kier molecular flexibility index (Phi) is 6.23. The molecular weight excluding hydrogens is 412 g/mol. The molecule has 30 heavy (non-hydrogen) atoms. The van der Waals surface area contributed by atoms with Crippen LogP contribution in [0.15, 0.2) is 42.6 Å². The predicted octanol–water partition coefficient (Wildman–Crippen LogP) is 4.45. The molecule has 1 aliphatic heterocycles. The van der Waals surface area contributed by atoms with E-state index in [0.29, 0.717) is 31.7 Å². The summed E-state index contributed by atoms with van der Waals surface area (Å²) >= 11 is 0. The largest absolute Gasteiger partial charge is 0.417 e. The lowest BCUT2D eigenvalue weighted by Crippen LogP contribution is -2.48. The van der Waals surface area contributed by atoms with Gasteiger partial charge in [-0.25, -0.2) is 4.98 Å². The summed E-state index contributed by atoms with van der Waals surface area (Å²) in [5.74, 6) is -0.0404. The van der Waals surface area contributed by atoms with Crippen molar-refractivity contribution in [3.63, 3.8) is 0 Å². The molecule has 1 N–H and O–H groups in total. The second-order valence-electron chi connectivity index (χ2n) is 7.13. The van der Waals surface area contributed by atoms with Gasteiger partial charge in [0.1, 0.15) is 5.82 Å². The van der Waals surface area contributed by atoms with E-state index in [9.17, 15) is 31.1 Å². The standard InChI is InChI=1S/C20H19F6N3O/c21-19(22,23)14-4-1-3-13(9-14)10-18(30)28-16-5-2-8-29(12-16)17-7-6-15(11-27-17)20(24,25)26/h1,3-4,6-7,9,11,16H,2,5,8,10,12H2,(H,28,30). The van der Waals surface area contributed by atoms with Gasteiger partial charge in [-0.1, -0.05) is 18.2 Å². The van der Waals surface area contributed by atoms with Crippen molar-refractivity contribution < 1.29 is 31.1 Å². The third-order valence-electron chi connectivity index (χ3n) is 4.80. The van der Waals surface area contributed by atoms with E-state index in [1.54, 1.807) is 4.90 Å². The van der Waals surface area contributed by atoms with Crippen LogP contribution in [0.5, 0.6) is 0 Å². The third-order valence-corrected chi connectivity index (χ3v) is 4.80. The van der Waals surface area contributed by atoms with Gasteiger partial charge < -0.3 is 10.2 Å². The van der Waals surface area contributed by atoms with Gasteiger partial charge in [0, 0.05) is 25.3 Å². The first-order valence-electron chi connectivity index (χ1n) is 9.26. The normalized spacial score (nSPS) is 17.7. The molecule has 1 aromatic carbocycles. The molecule has 1 fully saturated rings. The van der Waals surface area contributed by atoms with Crippen LogP contribution in [0.25, 0.3) is 0 Å². The Hall–Kier alpha value is -2.78. The molecule has 1 atom stereocenters. The second kappa shape index (κ2) is 8.53. The van der Waals surface area contributed by atoms with Crippen molar-refractivity contribution in [2.24, 2.45) is 0 Å². The number of nitrogens with zero attached hydrogens (tertiary/aromatic N) is 2. The quantitative estimate of drug-likeness (QED) is 0.728. The summed E-state index contributed by atoms with van der Waals surface area (Å²) in [7, 11) is 0. The van der Waals surface area contributed by atoms with E-state index >= 15 is 0 Å². The van der Waals surface area contributed by atoms with Gasteiger partial charge in [-0.05, 0) is 36.6 Å². The smallest absolute Gasteiger partial charge is 0.355 e. The first-order valence-corrected chi connectivity index (χ1v) is 9.26. The van der Waals surface area contributed by atoms with Crippen LogP contribution in [0.3, 0.4) is 0 Å². The molecule has 0 aliphatic carbocycles. The molecule has 0 saturated carbocycles. The number of carbonyl (C=O) groups excluding carboxylic acids is 1. The van der Waals surface area contributed by atoms with E-state index in [1.807, 2.05) is 0 Å². The second-order valence-corrected chi connectivity index (χ2v) is 7.13. The van der Waals surface area contributed by atoms with E-state index in [-0.39, 0.29) is 18.0 Å². The summed E-state index contributed by atoms with van der Waals surface area (Å²) in [6, 6.07) is 6.56. The summed E-state index contributed by atoms with van der Waals surface area (Å²) in [4.78, 5) is 17.9. The molecular formula is C20H19F6N3O. The van der Waals surface area contributed by atoms with Gasteiger partial charge >= 0.3 is 12.4 Å². The average Bonchev–Trinajstić information content (AvgIpc) is 2.67. The molecule has 4 nitrogen and oxygen atoms in total. The highest BCUT2D eigenvalue weighted by Crippen LogP contribution is 2.30. The topological polar surface area (TPSA) is 45.2 Å². The summed E-state index contributed by atoms with van der Waals surface area (Å²) in [5.41, 5.74) is -1.40. The molecule has 162 valence electrons. The van der Waals surface area contributed by atoms with E-state index in [1.165, 1.54) is 18.2 Å². The van der Waals surface area contributed by atoms with Gasteiger partial charge in [-0.15, -0.1) is 0 Å². The molecule has 10 heteroatoms. The van der Waals surface area contributed by atoms with E-state index < -0.39 is 29.4 Å². The highest BCUT2D eigenvalue weighted by molar-refractivity contribution is 5.79. The average molecular weight is 431 g/mol. The third kappa shape index (κ3) is 5.64. The number of rotatable bonds is 4. The molecule has 1 amide bonds. The lowest BCUT2D eigenvalue weighted by atomic mass is 10.0. The Morgan fingerprint density at radius 2 is 1.80 bits per heavy atom. The molecule has 2 heterocycles. The number of nitrogens with one attached hydrogen (secondary N) is 1. The van der Waals surface area contributed by atoms with E-state index in [0.717, 1.165) is 24.4 Å². The zero-order valence-electron chi connectivity index (χ0n) is 15.7. The number of benzene rings is 1. The van der Waals surface area contributed by atoms with Crippen molar-refractivity contribution in [2.75, 3.05) is 18.0 Å². The highest BCUT2D eigenvalue weighted by atomic mass is 19.4. The van der Waals surface area contributed by atoms with Crippen molar-refractivity contribution in [1.82, 2.24) is 10.3 Å². The van der Waals surface area contributed by atoms with Crippen LogP contribution in [0, 0.1) is 0 Å². The zero-order chi connectivity index (χ0) is 21.9. The maximum absolute atomic E-state index is 12.8. The van der Waals surface area contributed by atoms with Gasteiger partial charge in [0.2, 0.25) is 5.91 Å². The van der Waals surface area contributed by atoms with Crippen molar-refractivity contribution >= 4 is 11.7 Å². The highest BCUT2D eigenvalue weighted by Gasteiger charge is 2.32. The van der Waals surface area contributed by atoms with Gasteiger partial charge in [0.15, 0.2) is 0 Å². The van der Waals surface area contributed by atoms with Crippen LogP contribution in [0.1, 0.15) is 29.5 Å². The Labute approximate surface area is 168 Å². The SMILES string of the molecule is O=C(Cc1cccc(C(F)(F)F)c1)NC1CCCN(c2ccc(C(F)(F)F)cn2)C1. The van der Waals surface area contributed by atoms with Crippen molar-refractivity contribution in [1.29, 1.82) is 0 Å². The molecule has 0 bridgehead atoms. The number of hydrogen-bond acceptors (Lipinski definition) is 3. The molecule has 0 spiro atoms. The number of carbonyl (C=O) groups is 1. The lowest BCUT2D eigenvalue weighted by Gasteiger charge is -2.34. The maximum atomic E-state index is 12.8. The van der Waals surface area contributed by atoms with Crippen LogP contribution in [-0.2, 0) is 23.6 Å². The summed E-state index contributed by atoms with van der Waals surface area (Å²) in [5, 5.41) is 2.79. The summed E-state index contributed by atoms with van der Waals surface area (Å²) in [6.07, 6.45) is -7.02. The Bertz CT molecular complexity index is 879. The minimum absolute atomic E-state index is 0.195. The summed E-state index contributed by atoms with van der Waals surface area (Å²) in [6.45, 7) is 0.936. The van der Waals surface area contributed by atoms with Crippen LogP contribution >= 0.6 is 0 Å². The number of alkyl halides is 6. The van der Waals surface area contributed by atoms with Gasteiger partial charge in [-0.2, -0.15) is 26.3 Å².